The van der Waals surface area contributed by atoms with Crippen LogP contribution in [0.1, 0.15) is 12.5 Å². The van der Waals surface area contributed by atoms with Gasteiger partial charge in [0.05, 0.1) is 12.7 Å². The zero-order chi connectivity index (χ0) is 21.2. The van der Waals surface area contributed by atoms with Gasteiger partial charge in [0.1, 0.15) is 11.5 Å². The van der Waals surface area contributed by atoms with Gasteiger partial charge in [-0.15, -0.1) is 0 Å². The molecule has 0 saturated heterocycles. The summed E-state index contributed by atoms with van der Waals surface area (Å²) in [5, 5.41) is 1.11. The SMILES string of the molecule is COC(=O)C(C)Oc1cccc2c(Oc3ccc(C(F)(F)F)cc3F)cccc12. The zero-order valence-corrected chi connectivity index (χ0v) is 15.4. The van der Waals surface area contributed by atoms with Crippen LogP contribution in [-0.4, -0.2) is 19.2 Å². The predicted octanol–water partition coefficient (Wildman–Crippen LogP) is 5.73. The van der Waals surface area contributed by atoms with Gasteiger partial charge in [-0.25, -0.2) is 9.18 Å². The minimum absolute atomic E-state index is 0.220. The summed E-state index contributed by atoms with van der Waals surface area (Å²) in [6.45, 7) is 1.53. The number of fused-ring (bicyclic) bond motifs is 1. The minimum atomic E-state index is -4.65. The monoisotopic (exact) mass is 408 g/mol. The quantitative estimate of drug-likeness (QED) is 0.400. The molecule has 3 aromatic rings. The number of esters is 1. The van der Waals surface area contributed by atoms with Gasteiger partial charge in [0.15, 0.2) is 17.7 Å². The summed E-state index contributed by atoms with van der Waals surface area (Å²) < 4.78 is 68.1. The van der Waals surface area contributed by atoms with Crippen LogP contribution in [-0.2, 0) is 15.7 Å². The first-order chi connectivity index (χ1) is 13.7. The Bertz CT molecular complexity index is 1050. The standard InChI is InChI=1S/C21H16F4O4/c1-12(20(26)27-2)28-17-7-3-6-15-14(17)5-4-8-18(15)29-19-10-9-13(11-16(19)22)21(23,24)25/h3-12H,1-2H3. The van der Waals surface area contributed by atoms with Gasteiger partial charge in [-0.05, 0) is 37.3 Å². The largest absolute Gasteiger partial charge is 0.478 e. The Morgan fingerprint density at radius 1 is 0.931 bits per heavy atom. The summed E-state index contributed by atoms with van der Waals surface area (Å²) in [7, 11) is 1.25. The van der Waals surface area contributed by atoms with Gasteiger partial charge in [-0.3, -0.25) is 0 Å². The zero-order valence-electron chi connectivity index (χ0n) is 15.4. The molecule has 0 spiro atoms. The van der Waals surface area contributed by atoms with Crippen LogP contribution >= 0.6 is 0 Å². The van der Waals surface area contributed by atoms with Crippen LogP contribution < -0.4 is 9.47 Å². The van der Waals surface area contributed by atoms with Crippen LogP contribution in [0.4, 0.5) is 17.6 Å². The van der Waals surface area contributed by atoms with Gasteiger partial charge in [0.2, 0.25) is 0 Å². The van der Waals surface area contributed by atoms with E-state index in [4.69, 9.17) is 9.47 Å². The highest BCUT2D eigenvalue weighted by molar-refractivity contribution is 5.93. The third-order valence-electron chi connectivity index (χ3n) is 4.16. The van der Waals surface area contributed by atoms with Crippen LogP contribution in [0, 0.1) is 5.82 Å². The van der Waals surface area contributed by atoms with Crippen molar-refractivity contribution in [3.8, 4) is 17.2 Å². The lowest BCUT2D eigenvalue weighted by Crippen LogP contribution is -2.24. The van der Waals surface area contributed by atoms with E-state index in [-0.39, 0.29) is 11.5 Å². The van der Waals surface area contributed by atoms with Crippen molar-refractivity contribution < 1.29 is 36.6 Å². The third kappa shape index (κ3) is 4.42. The molecular weight excluding hydrogens is 392 g/mol. The van der Waals surface area contributed by atoms with E-state index in [1.807, 2.05) is 0 Å². The predicted molar refractivity (Wildman–Crippen MR) is 97.5 cm³/mol. The fraction of sp³-hybridized carbons (Fsp3) is 0.190. The molecule has 0 aromatic heterocycles. The number of rotatable bonds is 5. The van der Waals surface area contributed by atoms with E-state index in [2.05, 4.69) is 4.74 Å². The highest BCUT2D eigenvalue weighted by atomic mass is 19.4. The molecule has 0 heterocycles. The number of carbonyl (C=O) groups excluding carboxylic acids is 1. The molecule has 0 amide bonds. The molecule has 0 fully saturated rings. The summed E-state index contributed by atoms with van der Waals surface area (Å²) in [4.78, 5) is 11.6. The Hall–Kier alpha value is -3.29. The van der Waals surface area contributed by atoms with Crippen molar-refractivity contribution in [2.24, 2.45) is 0 Å². The number of carbonyl (C=O) groups is 1. The number of hydrogen-bond donors (Lipinski definition) is 0. The molecule has 3 rings (SSSR count). The minimum Gasteiger partial charge on any atom is -0.478 e. The molecule has 0 radical (unpaired) electrons. The number of alkyl halides is 3. The topological polar surface area (TPSA) is 44.8 Å². The van der Waals surface area contributed by atoms with Gasteiger partial charge in [-0.1, -0.05) is 24.3 Å². The number of ether oxygens (including phenoxy) is 3. The van der Waals surface area contributed by atoms with Gasteiger partial charge < -0.3 is 14.2 Å². The maximum Gasteiger partial charge on any atom is 0.416 e. The molecule has 0 saturated carbocycles. The Kier molecular flexibility index (Phi) is 5.63. The normalized spacial score (nSPS) is 12.5. The smallest absolute Gasteiger partial charge is 0.416 e. The number of halogens is 4. The summed E-state index contributed by atoms with van der Waals surface area (Å²) in [6.07, 6.45) is -5.51. The maximum absolute atomic E-state index is 14.1. The van der Waals surface area contributed by atoms with E-state index in [0.717, 1.165) is 12.1 Å². The molecule has 0 aliphatic carbocycles. The molecular formula is C21H16F4O4. The van der Waals surface area contributed by atoms with Crippen molar-refractivity contribution in [3.05, 3.63) is 66.0 Å². The fourth-order valence-electron chi connectivity index (χ4n) is 2.73. The molecule has 152 valence electrons. The van der Waals surface area contributed by atoms with Gasteiger partial charge in [0.25, 0.3) is 0 Å². The first-order valence-corrected chi connectivity index (χ1v) is 8.51. The van der Waals surface area contributed by atoms with Crippen molar-refractivity contribution in [3.63, 3.8) is 0 Å². The Morgan fingerprint density at radius 3 is 2.14 bits per heavy atom. The van der Waals surface area contributed by atoms with E-state index >= 15 is 0 Å². The molecule has 3 aromatic carbocycles. The van der Waals surface area contributed by atoms with Crippen molar-refractivity contribution >= 4 is 16.7 Å². The summed E-state index contributed by atoms with van der Waals surface area (Å²) in [5.74, 6) is -1.44. The molecule has 0 aliphatic rings. The van der Waals surface area contributed by atoms with Crippen molar-refractivity contribution in [2.45, 2.75) is 19.2 Å². The Balaban J connectivity index is 1.95. The average Bonchev–Trinajstić information content (AvgIpc) is 2.68. The van der Waals surface area contributed by atoms with E-state index in [1.54, 1.807) is 36.4 Å². The van der Waals surface area contributed by atoms with Crippen molar-refractivity contribution in [1.82, 2.24) is 0 Å². The average molecular weight is 408 g/mol. The van der Waals surface area contributed by atoms with Gasteiger partial charge >= 0.3 is 12.1 Å². The Morgan fingerprint density at radius 2 is 1.55 bits per heavy atom. The third-order valence-corrected chi connectivity index (χ3v) is 4.16. The second kappa shape index (κ2) is 7.98. The van der Waals surface area contributed by atoms with E-state index in [0.29, 0.717) is 22.6 Å². The number of benzene rings is 3. The van der Waals surface area contributed by atoms with Gasteiger partial charge in [0, 0.05) is 10.8 Å². The van der Waals surface area contributed by atoms with Crippen LogP contribution in [0.3, 0.4) is 0 Å². The van der Waals surface area contributed by atoms with Crippen LogP contribution in [0.2, 0.25) is 0 Å². The summed E-state index contributed by atoms with van der Waals surface area (Å²) in [5.41, 5.74) is -1.10. The highest BCUT2D eigenvalue weighted by Gasteiger charge is 2.31. The first-order valence-electron chi connectivity index (χ1n) is 8.51. The fourth-order valence-corrected chi connectivity index (χ4v) is 2.73. The molecule has 0 aliphatic heterocycles. The first kappa shape index (κ1) is 20.4. The molecule has 8 heteroatoms. The second-order valence-corrected chi connectivity index (χ2v) is 6.14. The van der Waals surface area contributed by atoms with E-state index in [9.17, 15) is 22.4 Å². The lowest BCUT2D eigenvalue weighted by Gasteiger charge is -2.16. The van der Waals surface area contributed by atoms with Crippen molar-refractivity contribution in [1.29, 1.82) is 0 Å². The van der Waals surface area contributed by atoms with E-state index < -0.39 is 29.6 Å². The molecule has 4 nitrogen and oxygen atoms in total. The molecule has 1 atom stereocenters. The Labute approximate surface area is 163 Å². The lowest BCUT2D eigenvalue weighted by atomic mass is 10.1. The van der Waals surface area contributed by atoms with Gasteiger partial charge in [-0.2, -0.15) is 13.2 Å². The number of methoxy groups -OCH3 is 1. The lowest BCUT2D eigenvalue weighted by molar-refractivity contribution is -0.147. The van der Waals surface area contributed by atoms with E-state index in [1.165, 1.54) is 14.0 Å². The molecule has 1 unspecified atom stereocenters. The summed E-state index contributed by atoms with van der Waals surface area (Å²) in [6, 6.07) is 11.9. The highest BCUT2D eigenvalue weighted by Crippen LogP contribution is 2.37. The molecule has 29 heavy (non-hydrogen) atoms. The van der Waals surface area contributed by atoms with Crippen LogP contribution in [0.15, 0.2) is 54.6 Å². The second-order valence-electron chi connectivity index (χ2n) is 6.14. The molecule has 0 bridgehead atoms. The van der Waals surface area contributed by atoms with Crippen LogP contribution in [0.5, 0.6) is 17.2 Å². The van der Waals surface area contributed by atoms with Crippen LogP contribution in [0.25, 0.3) is 10.8 Å². The maximum atomic E-state index is 14.1. The molecule has 0 N–H and O–H groups in total. The van der Waals surface area contributed by atoms with Crippen molar-refractivity contribution in [2.75, 3.05) is 7.11 Å². The summed E-state index contributed by atoms with van der Waals surface area (Å²) >= 11 is 0. The number of hydrogen-bond acceptors (Lipinski definition) is 4.